The van der Waals surface area contributed by atoms with Crippen molar-refractivity contribution in [3.05, 3.63) is 0 Å². The second kappa shape index (κ2) is 4.52. The van der Waals surface area contributed by atoms with Crippen LogP contribution < -0.4 is 0 Å². The highest BCUT2D eigenvalue weighted by Crippen LogP contribution is 2.35. The van der Waals surface area contributed by atoms with E-state index in [0.717, 1.165) is 32.0 Å². The standard InChI is InChI=1S/C12H21NO2/c1-9(10-3-4-10)13(2)12(14)11-5-7-15-8-6-11/h9-11H,3-8H2,1-2H3. The lowest BCUT2D eigenvalue weighted by molar-refractivity contribution is -0.139. The van der Waals surface area contributed by atoms with Crippen LogP contribution in [0.3, 0.4) is 0 Å². The average Bonchev–Trinajstić information content (AvgIpc) is 3.11. The van der Waals surface area contributed by atoms with E-state index in [0.29, 0.717) is 11.9 Å². The summed E-state index contributed by atoms with van der Waals surface area (Å²) in [5, 5.41) is 0. The van der Waals surface area contributed by atoms with Crippen LogP contribution in [0.15, 0.2) is 0 Å². The summed E-state index contributed by atoms with van der Waals surface area (Å²) >= 11 is 0. The first-order valence-electron chi connectivity index (χ1n) is 6.04. The molecule has 3 nitrogen and oxygen atoms in total. The Kier molecular flexibility index (Phi) is 3.29. The third kappa shape index (κ3) is 2.51. The third-order valence-electron chi connectivity index (χ3n) is 3.83. The Balaban J connectivity index is 1.87. The molecule has 0 spiro atoms. The van der Waals surface area contributed by atoms with Crippen molar-refractivity contribution in [3.8, 4) is 0 Å². The summed E-state index contributed by atoms with van der Waals surface area (Å²) in [6, 6.07) is 0.431. The molecule has 0 bridgehead atoms. The first-order chi connectivity index (χ1) is 7.20. The van der Waals surface area contributed by atoms with Gasteiger partial charge in [-0.25, -0.2) is 0 Å². The Labute approximate surface area is 91.8 Å². The summed E-state index contributed by atoms with van der Waals surface area (Å²) in [6.45, 7) is 3.68. The summed E-state index contributed by atoms with van der Waals surface area (Å²) in [7, 11) is 1.96. The molecule has 1 saturated heterocycles. The van der Waals surface area contributed by atoms with Gasteiger partial charge in [0.25, 0.3) is 0 Å². The maximum Gasteiger partial charge on any atom is 0.225 e. The van der Waals surface area contributed by atoms with Crippen LogP contribution >= 0.6 is 0 Å². The van der Waals surface area contributed by atoms with Gasteiger partial charge in [-0.2, -0.15) is 0 Å². The molecule has 0 aromatic carbocycles. The first-order valence-corrected chi connectivity index (χ1v) is 6.04. The molecule has 1 aliphatic heterocycles. The predicted octanol–water partition coefficient (Wildman–Crippen LogP) is 1.67. The Hall–Kier alpha value is -0.570. The molecule has 2 rings (SSSR count). The maximum absolute atomic E-state index is 12.1. The fraction of sp³-hybridized carbons (Fsp3) is 0.917. The monoisotopic (exact) mass is 211 g/mol. The zero-order chi connectivity index (χ0) is 10.8. The lowest BCUT2D eigenvalue weighted by Crippen LogP contribution is -2.41. The molecule has 15 heavy (non-hydrogen) atoms. The van der Waals surface area contributed by atoms with Gasteiger partial charge in [-0.15, -0.1) is 0 Å². The minimum Gasteiger partial charge on any atom is -0.381 e. The molecule has 0 aromatic heterocycles. The van der Waals surface area contributed by atoms with Crippen molar-refractivity contribution in [3.63, 3.8) is 0 Å². The van der Waals surface area contributed by atoms with Crippen molar-refractivity contribution in [1.29, 1.82) is 0 Å². The largest absolute Gasteiger partial charge is 0.381 e. The van der Waals surface area contributed by atoms with E-state index >= 15 is 0 Å². The van der Waals surface area contributed by atoms with Crippen LogP contribution in [-0.4, -0.2) is 37.1 Å². The number of carbonyl (C=O) groups excluding carboxylic acids is 1. The summed E-state index contributed by atoms with van der Waals surface area (Å²) < 4.78 is 5.28. The topological polar surface area (TPSA) is 29.5 Å². The smallest absolute Gasteiger partial charge is 0.225 e. The fourth-order valence-corrected chi connectivity index (χ4v) is 2.33. The van der Waals surface area contributed by atoms with Crippen molar-refractivity contribution in [1.82, 2.24) is 4.90 Å². The third-order valence-corrected chi connectivity index (χ3v) is 3.83. The number of ether oxygens (including phenoxy) is 1. The van der Waals surface area contributed by atoms with E-state index in [2.05, 4.69) is 6.92 Å². The molecule has 3 heteroatoms. The molecule has 1 unspecified atom stereocenters. The summed E-state index contributed by atoms with van der Waals surface area (Å²) in [4.78, 5) is 14.1. The number of amides is 1. The summed E-state index contributed by atoms with van der Waals surface area (Å²) in [5.74, 6) is 1.31. The number of hydrogen-bond donors (Lipinski definition) is 0. The van der Waals surface area contributed by atoms with Gasteiger partial charge in [-0.05, 0) is 38.5 Å². The highest BCUT2D eigenvalue weighted by atomic mass is 16.5. The quantitative estimate of drug-likeness (QED) is 0.710. The van der Waals surface area contributed by atoms with Crippen LogP contribution in [0.5, 0.6) is 0 Å². The molecule has 0 aromatic rings. The molecule has 1 aliphatic carbocycles. The Morgan fingerprint density at radius 3 is 2.40 bits per heavy atom. The van der Waals surface area contributed by atoms with Gasteiger partial charge in [0, 0.05) is 32.2 Å². The van der Waals surface area contributed by atoms with Gasteiger partial charge in [-0.3, -0.25) is 4.79 Å². The van der Waals surface area contributed by atoms with Gasteiger partial charge >= 0.3 is 0 Å². The number of hydrogen-bond acceptors (Lipinski definition) is 2. The highest BCUT2D eigenvalue weighted by Gasteiger charge is 2.34. The minimum absolute atomic E-state index is 0.213. The van der Waals surface area contributed by atoms with Gasteiger partial charge in [0.05, 0.1) is 0 Å². The van der Waals surface area contributed by atoms with Crippen LogP contribution in [0.2, 0.25) is 0 Å². The van der Waals surface area contributed by atoms with Crippen molar-refractivity contribution in [2.45, 2.75) is 38.6 Å². The minimum atomic E-state index is 0.213. The second-order valence-corrected chi connectivity index (χ2v) is 4.91. The van der Waals surface area contributed by atoms with E-state index in [1.807, 2.05) is 11.9 Å². The Morgan fingerprint density at radius 2 is 1.87 bits per heavy atom. The lowest BCUT2D eigenvalue weighted by atomic mass is 9.98. The van der Waals surface area contributed by atoms with Gasteiger partial charge < -0.3 is 9.64 Å². The molecule has 2 fully saturated rings. The van der Waals surface area contributed by atoms with E-state index in [-0.39, 0.29) is 5.92 Å². The normalized spacial score (nSPS) is 24.9. The van der Waals surface area contributed by atoms with E-state index < -0.39 is 0 Å². The van der Waals surface area contributed by atoms with Crippen LogP contribution in [0.4, 0.5) is 0 Å². The van der Waals surface area contributed by atoms with E-state index in [1.165, 1.54) is 12.8 Å². The number of rotatable bonds is 3. The second-order valence-electron chi connectivity index (χ2n) is 4.91. The SMILES string of the molecule is CC(C1CC1)N(C)C(=O)C1CCOCC1. The molecular weight excluding hydrogens is 190 g/mol. The average molecular weight is 211 g/mol. The Bertz CT molecular complexity index is 232. The highest BCUT2D eigenvalue weighted by molar-refractivity contribution is 5.79. The van der Waals surface area contributed by atoms with Crippen LogP contribution in [0.1, 0.15) is 32.6 Å². The fourth-order valence-electron chi connectivity index (χ4n) is 2.33. The number of carbonyl (C=O) groups is 1. The van der Waals surface area contributed by atoms with Gasteiger partial charge in [0.2, 0.25) is 5.91 Å². The molecule has 1 heterocycles. The Morgan fingerprint density at radius 1 is 1.27 bits per heavy atom. The van der Waals surface area contributed by atoms with Crippen LogP contribution in [0, 0.1) is 11.8 Å². The molecular formula is C12H21NO2. The van der Waals surface area contributed by atoms with E-state index in [9.17, 15) is 4.79 Å². The summed E-state index contributed by atoms with van der Waals surface area (Å²) in [6.07, 6.45) is 4.40. The summed E-state index contributed by atoms with van der Waals surface area (Å²) in [5.41, 5.74) is 0. The molecule has 2 aliphatic rings. The first kappa shape index (κ1) is 10.9. The molecule has 0 N–H and O–H groups in total. The zero-order valence-electron chi connectivity index (χ0n) is 9.74. The van der Waals surface area contributed by atoms with Gasteiger partial charge in [0.15, 0.2) is 0 Å². The molecule has 0 radical (unpaired) electrons. The molecule has 86 valence electrons. The van der Waals surface area contributed by atoms with Gasteiger partial charge in [-0.1, -0.05) is 0 Å². The van der Waals surface area contributed by atoms with E-state index in [4.69, 9.17) is 4.74 Å². The molecule has 1 atom stereocenters. The van der Waals surface area contributed by atoms with Crippen molar-refractivity contribution in [2.75, 3.05) is 20.3 Å². The van der Waals surface area contributed by atoms with Crippen molar-refractivity contribution in [2.24, 2.45) is 11.8 Å². The van der Waals surface area contributed by atoms with Crippen molar-refractivity contribution >= 4 is 5.91 Å². The predicted molar refractivity (Wildman–Crippen MR) is 58.5 cm³/mol. The molecule has 1 saturated carbocycles. The zero-order valence-corrected chi connectivity index (χ0v) is 9.74. The lowest BCUT2D eigenvalue weighted by Gasteiger charge is -2.30. The van der Waals surface area contributed by atoms with E-state index in [1.54, 1.807) is 0 Å². The van der Waals surface area contributed by atoms with Crippen LogP contribution in [-0.2, 0) is 9.53 Å². The maximum atomic E-state index is 12.1. The van der Waals surface area contributed by atoms with Gasteiger partial charge in [0.1, 0.15) is 0 Å². The molecule has 1 amide bonds. The number of nitrogens with zero attached hydrogens (tertiary/aromatic N) is 1. The van der Waals surface area contributed by atoms with Crippen molar-refractivity contribution < 1.29 is 9.53 Å². The van der Waals surface area contributed by atoms with Crippen LogP contribution in [0.25, 0.3) is 0 Å².